The third-order valence-corrected chi connectivity index (χ3v) is 2.71. The maximum Gasteiger partial charge on any atom is 0.274 e. The quantitative estimate of drug-likeness (QED) is 0.616. The highest BCUT2D eigenvalue weighted by Crippen LogP contribution is 2.25. The molecule has 0 spiro atoms. The van der Waals surface area contributed by atoms with Gasteiger partial charge in [0.15, 0.2) is 0 Å². The lowest BCUT2D eigenvalue weighted by molar-refractivity contribution is -0.385. The number of benzene rings is 1. The lowest BCUT2D eigenvalue weighted by Gasteiger charge is -2.11. The van der Waals surface area contributed by atoms with Crippen LogP contribution in [0.2, 0.25) is 0 Å². The summed E-state index contributed by atoms with van der Waals surface area (Å²) in [6, 6.07) is 4.61. The summed E-state index contributed by atoms with van der Waals surface area (Å²) >= 11 is 0. The number of nitrogens with zero attached hydrogens (tertiary/aromatic N) is 1. The molecule has 0 aromatic heterocycles. The van der Waals surface area contributed by atoms with Crippen molar-refractivity contribution in [2.24, 2.45) is 11.7 Å². The molecule has 0 saturated heterocycles. The van der Waals surface area contributed by atoms with Gasteiger partial charge in [-0.05, 0) is 25.5 Å². The SMILES string of the molecule is Cc1c(NC(=O)CC(C)CN)cccc1[N+](=O)[O-]. The summed E-state index contributed by atoms with van der Waals surface area (Å²) in [5.41, 5.74) is 6.36. The van der Waals surface area contributed by atoms with E-state index in [0.29, 0.717) is 24.2 Å². The topological polar surface area (TPSA) is 98.3 Å². The van der Waals surface area contributed by atoms with E-state index >= 15 is 0 Å². The minimum absolute atomic E-state index is 0.000302. The molecule has 0 aliphatic rings. The second-order valence-corrected chi connectivity index (χ2v) is 4.30. The Hall–Kier alpha value is -1.95. The molecule has 98 valence electrons. The van der Waals surface area contributed by atoms with Crippen molar-refractivity contribution in [1.29, 1.82) is 0 Å². The van der Waals surface area contributed by atoms with Crippen LogP contribution in [0.25, 0.3) is 0 Å². The van der Waals surface area contributed by atoms with E-state index in [1.807, 2.05) is 6.92 Å². The molecule has 0 saturated carbocycles. The fourth-order valence-corrected chi connectivity index (χ4v) is 1.56. The number of carbonyl (C=O) groups is 1. The molecule has 18 heavy (non-hydrogen) atoms. The van der Waals surface area contributed by atoms with Crippen molar-refractivity contribution < 1.29 is 9.72 Å². The minimum Gasteiger partial charge on any atom is -0.330 e. The fourth-order valence-electron chi connectivity index (χ4n) is 1.56. The zero-order valence-electron chi connectivity index (χ0n) is 10.5. The maximum absolute atomic E-state index is 11.7. The Morgan fingerprint density at radius 3 is 2.78 bits per heavy atom. The van der Waals surface area contributed by atoms with Gasteiger partial charge in [0.2, 0.25) is 5.91 Å². The smallest absolute Gasteiger partial charge is 0.274 e. The molecule has 3 N–H and O–H groups in total. The maximum atomic E-state index is 11.7. The Kier molecular flexibility index (Phi) is 4.79. The predicted octanol–water partition coefficient (Wildman–Crippen LogP) is 1.83. The molecule has 1 aromatic rings. The number of nitrogens with one attached hydrogen (secondary N) is 1. The van der Waals surface area contributed by atoms with E-state index in [1.54, 1.807) is 19.1 Å². The third-order valence-electron chi connectivity index (χ3n) is 2.71. The number of nitro benzene ring substituents is 1. The first-order valence-corrected chi connectivity index (χ1v) is 5.69. The summed E-state index contributed by atoms with van der Waals surface area (Å²) in [4.78, 5) is 22.0. The summed E-state index contributed by atoms with van der Waals surface area (Å²) in [5, 5.41) is 13.4. The Balaban J connectivity index is 2.82. The van der Waals surface area contributed by atoms with Crippen LogP contribution in [-0.4, -0.2) is 17.4 Å². The van der Waals surface area contributed by atoms with Gasteiger partial charge in [0.05, 0.1) is 16.2 Å². The summed E-state index contributed by atoms with van der Waals surface area (Å²) in [5.74, 6) is -0.0967. The average Bonchev–Trinajstić information content (AvgIpc) is 2.31. The number of nitrogens with two attached hydrogens (primary N) is 1. The number of anilines is 1. The monoisotopic (exact) mass is 251 g/mol. The molecular formula is C12H17N3O3. The molecule has 0 fully saturated rings. The molecule has 6 nitrogen and oxygen atoms in total. The zero-order valence-corrected chi connectivity index (χ0v) is 10.5. The van der Waals surface area contributed by atoms with Gasteiger partial charge in [-0.15, -0.1) is 0 Å². The van der Waals surface area contributed by atoms with Gasteiger partial charge in [0.25, 0.3) is 5.69 Å². The molecule has 1 rings (SSSR count). The minimum atomic E-state index is -0.465. The first-order valence-electron chi connectivity index (χ1n) is 5.69. The predicted molar refractivity (Wildman–Crippen MR) is 69.3 cm³/mol. The van der Waals surface area contributed by atoms with E-state index in [2.05, 4.69) is 5.32 Å². The van der Waals surface area contributed by atoms with Gasteiger partial charge >= 0.3 is 0 Å². The van der Waals surface area contributed by atoms with Crippen LogP contribution in [-0.2, 0) is 4.79 Å². The van der Waals surface area contributed by atoms with Crippen molar-refractivity contribution in [3.63, 3.8) is 0 Å². The van der Waals surface area contributed by atoms with E-state index in [-0.39, 0.29) is 17.5 Å². The van der Waals surface area contributed by atoms with Crippen LogP contribution >= 0.6 is 0 Å². The highest BCUT2D eigenvalue weighted by molar-refractivity contribution is 5.92. The number of carbonyl (C=O) groups excluding carboxylic acids is 1. The molecule has 1 aromatic carbocycles. The van der Waals surface area contributed by atoms with Crippen LogP contribution in [0.15, 0.2) is 18.2 Å². The first kappa shape index (κ1) is 14.1. The van der Waals surface area contributed by atoms with Gasteiger partial charge in [-0.3, -0.25) is 14.9 Å². The first-order chi connectivity index (χ1) is 8.45. The molecule has 6 heteroatoms. The van der Waals surface area contributed by atoms with Crippen molar-refractivity contribution >= 4 is 17.3 Å². The van der Waals surface area contributed by atoms with Gasteiger partial charge < -0.3 is 11.1 Å². The van der Waals surface area contributed by atoms with Crippen LogP contribution in [0, 0.1) is 23.0 Å². The number of nitro groups is 1. The molecule has 0 radical (unpaired) electrons. The lowest BCUT2D eigenvalue weighted by atomic mass is 10.1. The number of hydrogen-bond acceptors (Lipinski definition) is 4. The highest BCUT2D eigenvalue weighted by atomic mass is 16.6. The van der Waals surface area contributed by atoms with E-state index in [1.165, 1.54) is 6.07 Å². The number of amides is 1. The van der Waals surface area contributed by atoms with Crippen molar-refractivity contribution in [1.82, 2.24) is 0 Å². The summed E-state index contributed by atoms with van der Waals surface area (Å²) in [6.45, 7) is 3.92. The Morgan fingerprint density at radius 1 is 1.56 bits per heavy atom. The van der Waals surface area contributed by atoms with Crippen molar-refractivity contribution in [2.75, 3.05) is 11.9 Å². The van der Waals surface area contributed by atoms with Crippen LogP contribution < -0.4 is 11.1 Å². The van der Waals surface area contributed by atoms with Gasteiger partial charge in [-0.2, -0.15) is 0 Å². The second-order valence-electron chi connectivity index (χ2n) is 4.30. The standard InChI is InChI=1S/C12H17N3O3/c1-8(7-13)6-12(16)14-10-4-3-5-11(9(10)2)15(17)18/h3-5,8H,6-7,13H2,1-2H3,(H,14,16). The van der Waals surface area contributed by atoms with Gasteiger partial charge in [-0.1, -0.05) is 13.0 Å². The zero-order chi connectivity index (χ0) is 13.7. The summed E-state index contributed by atoms with van der Waals surface area (Å²) in [7, 11) is 0. The van der Waals surface area contributed by atoms with E-state index in [9.17, 15) is 14.9 Å². The van der Waals surface area contributed by atoms with E-state index < -0.39 is 4.92 Å². The van der Waals surface area contributed by atoms with Gasteiger partial charge in [0, 0.05) is 12.5 Å². The van der Waals surface area contributed by atoms with Gasteiger partial charge in [-0.25, -0.2) is 0 Å². The Labute approximate surface area is 105 Å². The van der Waals surface area contributed by atoms with Crippen molar-refractivity contribution in [3.8, 4) is 0 Å². The summed E-state index contributed by atoms with van der Waals surface area (Å²) in [6.07, 6.45) is 0.304. The second kappa shape index (κ2) is 6.11. The normalized spacial score (nSPS) is 11.9. The third kappa shape index (κ3) is 3.53. The molecule has 1 unspecified atom stereocenters. The number of rotatable bonds is 5. The Morgan fingerprint density at radius 2 is 2.22 bits per heavy atom. The molecule has 0 aliphatic heterocycles. The van der Waals surface area contributed by atoms with E-state index in [0.717, 1.165) is 0 Å². The highest BCUT2D eigenvalue weighted by Gasteiger charge is 2.15. The average molecular weight is 251 g/mol. The fraction of sp³-hybridized carbons (Fsp3) is 0.417. The van der Waals surface area contributed by atoms with Crippen molar-refractivity contribution in [3.05, 3.63) is 33.9 Å². The largest absolute Gasteiger partial charge is 0.330 e. The van der Waals surface area contributed by atoms with Crippen LogP contribution in [0.3, 0.4) is 0 Å². The lowest BCUT2D eigenvalue weighted by Crippen LogP contribution is -2.20. The molecule has 0 aliphatic carbocycles. The van der Waals surface area contributed by atoms with Gasteiger partial charge in [0.1, 0.15) is 0 Å². The summed E-state index contributed by atoms with van der Waals surface area (Å²) < 4.78 is 0. The Bertz CT molecular complexity index is 460. The molecule has 0 bridgehead atoms. The van der Waals surface area contributed by atoms with Crippen molar-refractivity contribution in [2.45, 2.75) is 20.3 Å². The van der Waals surface area contributed by atoms with E-state index in [4.69, 9.17) is 5.73 Å². The molecular weight excluding hydrogens is 234 g/mol. The molecule has 1 atom stereocenters. The molecule has 1 amide bonds. The van der Waals surface area contributed by atoms with Crippen LogP contribution in [0.1, 0.15) is 18.9 Å². The molecule has 0 heterocycles. The van der Waals surface area contributed by atoms with Crippen LogP contribution in [0.5, 0.6) is 0 Å². The van der Waals surface area contributed by atoms with Crippen LogP contribution in [0.4, 0.5) is 11.4 Å². The number of hydrogen-bond donors (Lipinski definition) is 2.